The highest BCUT2D eigenvalue weighted by molar-refractivity contribution is 6.04. The van der Waals surface area contributed by atoms with Crippen LogP contribution in [0.15, 0.2) is 91.0 Å². The summed E-state index contributed by atoms with van der Waals surface area (Å²) in [6.45, 7) is 5.14. The van der Waals surface area contributed by atoms with Gasteiger partial charge in [-0.25, -0.2) is 0 Å². The summed E-state index contributed by atoms with van der Waals surface area (Å²) in [5.41, 5.74) is 4.28. The second kappa shape index (κ2) is 16.0. The third kappa shape index (κ3) is 7.60. The number of anilines is 1. The Morgan fingerprint density at radius 1 is 0.760 bits per heavy atom. The number of para-hydroxylation sites is 2. The summed E-state index contributed by atoms with van der Waals surface area (Å²) in [4.78, 5) is 20.9. The fourth-order valence-electron chi connectivity index (χ4n) is 7.49. The smallest absolute Gasteiger partial charge is 0.238 e. The molecule has 0 spiro atoms. The number of ether oxygens (including phenoxy) is 4. The molecule has 9 nitrogen and oxygen atoms in total. The largest absolute Gasteiger partial charge is 0.493 e. The normalized spacial score (nSPS) is 18.7. The number of aliphatic hydroxyl groups excluding tert-OH is 1. The minimum atomic E-state index is -0.857. The summed E-state index contributed by atoms with van der Waals surface area (Å²) in [5, 5.41) is 11.2. The molecule has 0 saturated carbocycles. The highest BCUT2D eigenvalue weighted by Gasteiger charge is 2.48. The molecular weight excluding hydrogens is 630 g/mol. The predicted molar refractivity (Wildman–Crippen MR) is 196 cm³/mol. The van der Waals surface area contributed by atoms with Gasteiger partial charge in [-0.3, -0.25) is 9.69 Å². The van der Waals surface area contributed by atoms with Gasteiger partial charge in [0.1, 0.15) is 18.5 Å². The molecule has 6 rings (SSSR count). The summed E-state index contributed by atoms with van der Waals surface area (Å²) in [6, 6.07) is 30.2. The number of fused-ring (bicyclic) bond motifs is 1. The van der Waals surface area contributed by atoms with Crippen molar-refractivity contribution in [2.45, 2.75) is 30.8 Å². The Morgan fingerprint density at radius 3 is 2.10 bits per heavy atom. The molecule has 0 aliphatic carbocycles. The van der Waals surface area contributed by atoms with Gasteiger partial charge in [0.05, 0.1) is 26.7 Å². The van der Waals surface area contributed by atoms with E-state index in [0.717, 1.165) is 67.1 Å². The van der Waals surface area contributed by atoms with Crippen LogP contribution >= 0.6 is 0 Å². The lowest BCUT2D eigenvalue weighted by Gasteiger charge is -2.42. The van der Waals surface area contributed by atoms with Crippen LogP contribution in [-0.4, -0.2) is 101 Å². The first-order chi connectivity index (χ1) is 24.3. The van der Waals surface area contributed by atoms with Crippen LogP contribution in [0.1, 0.15) is 22.3 Å². The van der Waals surface area contributed by atoms with Crippen LogP contribution in [0.5, 0.6) is 23.0 Å². The molecule has 2 aliphatic heterocycles. The topological polar surface area (TPSA) is 83.9 Å². The molecule has 2 heterocycles. The van der Waals surface area contributed by atoms with Gasteiger partial charge in [-0.15, -0.1) is 0 Å². The maximum absolute atomic E-state index is 14.4. The third-order valence-corrected chi connectivity index (χ3v) is 10.1. The van der Waals surface area contributed by atoms with E-state index in [1.807, 2.05) is 79.8 Å². The molecule has 4 aromatic carbocycles. The number of carbonyl (C=O) groups is 1. The molecule has 9 heteroatoms. The van der Waals surface area contributed by atoms with Gasteiger partial charge in [0.25, 0.3) is 0 Å². The summed E-state index contributed by atoms with van der Waals surface area (Å²) < 4.78 is 22.9. The van der Waals surface area contributed by atoms with Gasteiger partial charge < -0.3 is 33.9 Å². The third-order valence-electron chi connectivity index (χ3n) is 10.1. The van der Waals surface area contributed by atoms with E-state index in [2.05, 4.69) is 28.0 Å². The van der Waals surface area contributed by atoms with Crippen molar-refractivity contribution in [3.05, 3.63) is 113 Å². The number of hydrogen-bond acceptors (Lipinski definition) is 8. The number of piperazine rings is 1. The van der Waals surface area contributed by atoms with Crippen molar-refractivity contribution in [1.29, 1.82) is 0 Å². The molecule has 2 aliphatic rings. The van der Waals surface area contributed by atoms with Crippen LogP contribution < -0.4 is 23.8 Å². The Bertz CT molecular complexity index is 1720. The second-order valence-electron chi connectivity index (χ2n) is 13.3. The van der Waals surface area contributed by atoms with Crippen molar-refractivity contribution in [2.75, 3.05) is 79.2 Å². The van der Waals surface area contributed by atoms with Crippen molar-refractivity contribution in [3.63, 3.8) is 0 Å². The number of likely N-dealkylation sites (N-methyl/N-ethyl adjacent to an activating group) is 1. The number of nitrogens with zero attached hydrogens (tertiary/aromatic N) is 3. The lowest BCUT2D eigenvalue weighted by atomic mass is 9.68. The quantitative estimate of drug-likeness (QED) is 0.199. The van der Waals surface area contributed by atoms with E-state index in [-0.39, 0.29) is 12.5 Å². The first-order valence-corrected chi connectivity index (χ1v) is 17.4. The molecule has 1 fully saturated rings. The van der Waals surface area contributed by atoms with Crippen LogP contribution in [0, 0.1) is 0 Å². The number of rotatable bonds is 14. The molecule has 1 saturated heterocycles. The number of β-amino-alcohol motifs (C(OH)–C–C–N with tert-alkyl or cyclic N) is 1. The maximum atomic E-state index is 14.4. The standard InChI is InChI=1S/C41H49N3O6/c1-42-35-16-10-8-14-32(35)27-41(40(42)46,26-30-12-6-5-7-13-30)34-15-9-11-17-36(34)50-29-33(45)28-44-22-20-43(21-23-44)19-18-31-24-37(47-2)39(49-4)38(25-31)48-3/h5-17,24-25,33,45H,18-23,26-29H2,1-4H3. The van der Waals surface area contributed by atoms with Gasteiger partial charge in [-0.05, 0) is 60.2 Å². The Labute approximate surface area is 295 Å². The lowest BCUT2D eigenvalue weighted by Crippen LogP contribution is -2.52. The zero-order valence-corrected chi connectivity index (χ0v) is 29.6. The lowest BCUT2D eigenvalue weighted by molar-refractivity contribution is -0.124. The van der Waals surface area contributed by atoms with E-state index < -0.39 is 11.5 Å². The van der Waals surface area contributed by atoms with Crippen molar-refractivity contribution >= 4 is 11.6 Å². The molecule has 0 aromatic heterocycles. The molecule has 2 atom stereocenters. The second-order valence-corrected chi connectivity index (χ2v) is 13.3. The van der Waals surface area contributed by atoms with E-state index >= 15 is 0 Å². The fourth-order valence-corrected chi connectivity index (χ4v) is 7.49. The summed E-state index contributed by atoms with van der Waals surface area (Å²) in [6.07, 6.45) is 1.29. The molecule has 0 radical (unpaired) electrons. The number of hydrogen-bond donors (Lipinski definition) is 1. The monoisotopic (exact) mass is 679 g/mol. The number of amides is 1. The van der Waals surface area contributed by atoms with E-state index in [1.54, 1.807) is 26.2 Å². The Hall–Kier alpha value is -4.57. The average Bonchev–Trinajstić information content (AvgIpc) is 3.15. The molecule has 1 amide bonds. The van der Waals surface area contributed by atoms with Gasteiger partial charge in [0.2, 0.25) is 11.7 Å². The highest BCUT2D eigenvalue weighted by Crippen LogP contribution is 2.45. The molecular formula is C41H49N3O6. The SMILES string of the molecule is COc1cc(CCN2CCN(CC(O)COc3ccccc3C3(Cc4ccccc4)Cc4ccccc4N(C)C3=O)CC2)cc(OC)c1OC. The van der Waals surface area contributed by atoms with Crippen LogP contribution in [0.3, 0.4) is 0 Å². The minimum Gasteiger partial charge on any atom is -0.493 e. The van der Waals surface area contributed by atoms with Crippen LogP contribution in [-0.2, 0) is 29.5 Å². The fraction of sp³-hybridized carbons (Fsp3) is 0.390. The number of aliphatic hydroxyl groups is 1. The van der Waals surface area contributed by atoms with E-state index in [4.69, 9.17) is 18.9 Å². The van der Waals surface area contributed by atoms with Gasteiger partial charge >= 0.3 is 0 Å². The Kier molecular flexibility index (Phi) is 11.3. The number of carbonyl (C=O) groups excluding carboxylic acids is 1. The van der Waals surface area contributed by atoms with Gasteiger partial charge in [-0.1, -0.05) is 66.7 Å². The van der Waals surface area contributed by atoms with Crippen LogP contribution in [0.25, 0.3) is 0 Å². The van der Waals surface area contributed by atoms with Crippen LogP contribution in [0.4, 0.5) is 5.69 Å². The molecule has 4 aromatic rings. The Balaban J connectivity index is 1.08. The van der Waals surface area contributed by atoms with Crippen molar-refractivity contribution in [1.82, 2.24) is 9.80 Å². The summed E-state index contributed by atoms with van der Waals surface area (Å²) >= 11 is 0. The highest BCUT2D eigenvalue weighted by atomic mass is 16.5. The van der Waals surface area contributed by atoms with Crippen molar-refractivity contribution in [2.24, 2.45) is 0 Å². The molecule has 1 N–H and O–H groups in total. The minimum absolute atomic E-state index is 0.0415. The maximum Gasteiger partial charge on any atom is 0.238 e. The van der Waals surface area contributed by atoms with Gasteiger partial charge in [0, 0.05) is 57.6 Å². The first-order valence-electron chi connectivity index (χ1n) is 17.4. The van der Waals surface area contributed by atoms with E-state index in [9.17, 15) is 9.90 Å². The first kappa shape index (κ1) is 35.3. The van der Waals surface area contributed by atoms with E-state index in [0.29, 0.717) is 42.4 Å². The zero-order valence-electron chi connectivity index (χ0n) is 29.6. The molecule has 0 bridgehead atoms. The number of methoxy groups -OCH3 is 3. The predicted octanol–water partition coefficient (Wildman–Crippen LogP) is 5.01. The van der Waals surface area contributed by atoms with Crippen LogP contribution in [0.2, 0.25) is 0 Å². The zero-order chi connectivity index (χ0) is 35.1. The van der Waals surface area contributed by atoms with Crippen molar-refractivity contribution < 1.29 is 28.8 Å². The molecule has 264 valence electrons. The Morgan fingerprint density at radius 2 is 1.40 bits per heavy atom. The summed E-state index contributed by atoms with van der Waals surface area (Å²) in [5.74, 6) is 2.62. The average molecular weight is 680 g/mol. The van der Waals surface area contributed by atoms with Gasteiger partial charge in [-0.2, -0.15) is 0 Å². The molecule has 50 heavy (non-hydrogen) atoms. The summed E-state index contributed by atoms with van der Waals surface area (Å²) in [7, 11) is 6.75. The van der Waals surface area contributed by atoms with Gasteiger partial charge in [0.15, 0.2) is 11.5 Å². The van der Waals surface area contributed by atoms with Crippen molar-refractivity contribution in [3.8, 4) is 23.0 Å². The molecule has 2 unspecified atom stereocenters. The van der Waals surface area contributed by atoms with E-state index in [1.165, 1.54) is 0 Å². The number of benzene rings is 4.